The zero-order valence-electron chi connectivity index (χ0n) is 7.64. The standard InChI is InChI=1S/C9H17NO2/c1-2-3-4-6-9(12)10-7-5-8-11/h8H,2-7H2,1H3,(H,10,12). The van der Waals surface area contributed by atoms with E-state index in [-0.39, 0.29) is 5.91 Å². The van der Waals surface area contributed by atoms with Crippen molar-refractivity contribution in [3.8, 4) is 0 Å². The van der Waals surface area contributed by atoms with Crippen LogP contribution in [0.15, 0.2) is 0 Å². The number of unbranched alkanes of at least 4 members (excludes halogenated alkanes) is 2. The van der Waals surface area contributed by atoms with Gasteiger partial charge in [-0.1, -0.05) is 19.8 Å². The van der Waals surface area contributed by atoms with Gasteiger partial charge in [-0.25, -0.2) is 0 Å². The molecule has 0 spiro atoms. The van der Waals surface area contributed by atoms with E-state index in [4.69, 9.17) is 0 Å². The maximum absolute atomic E-state index is 11.0. The molecule has 70 valence electrons. The molecule has 1 amide bonds. The molecule has 0 fully saturated rings. The molecule has 0 unspecified atom stereocenters. The predicted molar refractivity (Wildman–Crippen MR) is 47.8 cm³/mol. The first kappa shape index (κ1) is 11.1. The summed E-state index contributed by atoms with van der Waals surface area (Å²) in [7, 11) is 0. The van der Waals surface area contributed by atoms with Crippen molar-refractivity contribution in [3.05, 3.63) is 0 Å². The molecular weight excluding hydrogens is 154 g/mol. The van der Waals surface area contributed by atoms with Gasteiger partial charge >= 0.3 is 0 Å². The van der Waals surface area contributed by atoms with Gasteiger partial charge in [0.2, 0.25) is 5.91 Å². The zero-order valence-corrected chi connectivity index (χ0v) is 7.64. The minimum absolute atomic E-state index is 0.0605. The molecule has 0 saturated carbocycles. The molecule has 12 heavy (non-hydrogen) atoms. The SMILES string of the molecule is CCCCCC(=O)NCCC=O. The number of hydrogen-bond donors (Lipinski definition) is 1. The second kappa shape index (κ2) is 8.24. The van der Waals surface area contributed by atoms with Crippen molar-refractivity contribution < 1.29 is 9.59 Å². The second-order valence-electron chi connectivity index (χ2n) is 2.76. The van der Waals surface area contributed by atoms with E-state index in [2.05, 4.69) is 12.2 Å². The van der Waals surface area contributed by atoms with E-state index in [1.165, 1.54) is 0 Å². The second-order valence-corrected chi connectivity index (χ2v) is 2.76. The number of aldehydes is 1. The highest BCUT2D eigenvalue weighted by Crippen LogP contribution is 1.97. The van der Waals surface area contributed by atoms with Crippen molar-refractivity contribution in [1.82, 2.24) is 5.32 Å². The third-order valence-corrected chi connectivity index (χ3v) is 1.59. The zero-order chi connectivity index (χ0) is 9.23. The number of carbonyl (C=O) groups excluding carboxylic acids is 2. The molecule has 0 aliphatic rings. The number of rotatable bonds is 7. The Bertz CT molecular complexity index is 134. The first-order chi connectivity index (χ1) is 5.81. The molecule has 0 radical (unpaired) electrons. The normalized spacial score (nSPS) is 9.42. The fourth-order valence-electron chi connectivity index (χ4n) is 0.894. The molecule has 0 saturated heterocycles. The van der Waals surface area contributed by atoms with Crippen LogP contribution in [-0.2, 0) is 9.59 Å². The van der Waals surface area contributed by atoms with Crippen LogP contribution in [0.25, 0.3) is 0 Å². The van der Waals surface area contributed by atoms with Gasteiger partial charge < -0.3 is 10.1 Å². The van der Waals surface area contributed by atoms with Crippen molar-refractivity contribution >= 4 is 12.2 Å². The van der Waals surface area contributed by atoms with E-state index in [0.29, 0.717) is 19.4 Å². The molecule has 0 aliphatic heterocycles. The van der Waals surface area contributed by atoms with E-state index < -0.39 is 0 Å². The molecule has 3 nitrogen and oxygen atoms in total. The number of nitrogens with one attached hydrogen (secondary N) is 1. The first-order valence-electron chi connectivity index (χ1n) is 4.51. The van der Waals surface area contributed by atoms with Crippen molar-refractivity contribution in [2.24, 2.45) is 0 Å². The summed E-state index contributed by atoms with van der Waals surface area (Å²) in [6, 6.07) is 0. The highest BCUT2D eigenvalue weighted by molar-refractivity contribution is 5.76. The Hall–Kier alpha value is -0.860. The minimum atomic E-state index is 0.0605. The smallest absolute Gasteiger partial charge is 0.220 e. The fourth-order valence-corrected chi connectivity index (χ4v) is 0.894. The summed E-state index contributed by atoms with van der Waals surface area (Å²) in [5.74, 6) is 0.0605. The lowest BCUT2D eigenvalue weighted by Crippen LogP contribution is -2.24. The average molecular weight is 171 g/mol. The van der Waals surface area contributed by atoms with Gasteiger partial charge in [-0.15, -0.1) is 0 Å². The summed E-state index contributed by atoms with van der Waals surface area (Å²) >= 11 is 0. The molecule has 0 atom stereocenters. The molecule has 0 rings (SSSR count). The maximum atomic E-state index is 11.0. The summed E-state index contributed by atoms with van der Waals surface area (Å²) in [5.41, 5.74) is 0. The highest BCUT2D eigenvalue weighted by Gasteiger charge is 1.98. The first-order valence-corrected chi connectivity index (χ1v) is 4.51. The summed E-state index contributed by atoms with van der Waals surface area (Å²) < 4.78 is 0. The minimum Gasteiger partial charge on any atom is -0.356 e. The Balaban J connectivity index is 3.15. The van der Waals surface area contributed by atoms with E-state index in [9.17, 15) is 9.59 Å². The van der Waals surface area contributed by atoms with Crippen LogP contribution in [0.4, 0.5) is 0 Å². The van der Waals surface area contributed by atoms with Gasteiger partial charge in [0.1, 0.15) is 6.29 Å². The van der Waals surface area contributed by atoms with Gasteiger partial charge in [0.15, 0.2) is 0 Å². The molecule has 0 aliphatic carbocycles. The Kier molecular flexibility index (Phi) is 7.65. The Morgan fingerprint density at radius 2 is 2.17 bits per heavy atom. The lowest BCUT2D eigenvalue weighted by Gasteiger charge is -2.01. The van der Waals surface area contributed by atoms with E-state index in [1.54, 1.807) is 0 Å². The van der Waals surface area contributed by atoms with Crippen LogP contribution in [0.2, 0.25) is 0 Å². The van der Waals surface area contributed by atoms with Crippen LogP contribution in [0, 0.1) is 0 Å². The van der Waals surface area contributed by atoms with Gasteiger partial charge in [0.25, 0.3) is 0 Å². The maximum Gasteiger partial charge on any atom is 0.220 e. The van der Waals surface area contributed by atoms with Gasteiger partial charge in [-0.2, -0.15) is 0 Å². The molecule has 0 aromatic heterocycles. The van der Waals surface area contributed by atoms with Crippen LogP contribution in [0.1, 0.15) is 39.0 Å². The quantitative estimate of drug-likeness (QED) is 0.463. The topological polar surface area (TPSA) is 46.2 Å². The van der Waals surface area contributed by atoms with Crippen LogP contribution < -0.4 is 5.32 Å². The van der Waals surface area contributed by atoms with Crippen LogP contribution in [0.3, 0.4) is 0 Å². The summed E-state index contributed by atoms with van der Waals surface area (Å²) in [4.78, 5) is 20.9. The molecule has 0 aromatic rings. The van der Waals surface area contributed by atoms with E-state index in [0.717, 1.165) is 25.5 Å². The number of hydrogen-bond acceptors (Lipinski definition) is 2. The van der Waals surface area contributed by atoms with Gasteiger partial charge in [0.05, 0.1) is 0 Å². The number of carbonyl (C=O) groups is 2. The summed E-state index contributed by atoms with van der Waals surface area (Å²) in [5, 5.41) is 2.67. The lowest BCUT2D eigenvalue weighted by atomic mass is 10.2. The van der Waals surface area contributed by atoms with Crippen LogP contribution in [0.5, 0.6) is 0 Å². The summed E-state index contributed by atoms with van der Waals surface area (Å²) in [6.45, 7) is 2.58. The average Bonchev–Trinajstić information content (AvgIpc) is 2.06. The van der Waals surface area contributed by atoms with Crippen molar-refractivity contribution in [2.45, 2.75) is 39.0 Å². The van der Waals surface area contributed by atoms with Crippen LogP contribution >= 0.6 is 0 Å². The van der Waals surface area contributed by atoms with Gasteiger partial charge in [-0.3, -0.25) is 4.79 Å². The van der Waals surface area contributed by atoms with Gasteiger partial charge in [0, 0.05) is 19.4 Å². The van der Waals surface area contributed by atoms with Crippen molar-refractivity contribution in [1.29, 1.82) is 0 Å². The lowest BCUT2D eigenvalue weighted by molar-refractivity contribution is -0.121. The molecule has 1 N–H and O–H groups in total. The molecule has 0 aromatic carbocycles. The van der Waals surface area contributed by atoms with E-state index >= 15 is 0 Å². The third-order valence-electron chi connectivity index (χ3n) is 1.59. The number of amides is 1. The Morgan fingerprint density at radius 1 is 1.42 bits per heavy atom. The fraction of sp³-hybridized carbons (Fsp3) is 0.778. The predicted octanol–water partition coefficient (Wildman–Crippen LogP) is 1.27. The monoisotopic (exact) mass is 171 g/mol. The van der Waals surface area contributed by atoms with Gasteiger partial charge in [-0.05, 0) is 6.42 Å². The Morgan fingerprint density at radius 3 is 2.75 bits per heavy atom. The van der Waals surface area contributed by atoms with E-state index in [1.807, 2.05) is 0 Å². The van der Waals surface area contributed by atoms with Crippen molar-refractivity contribution in [2.75, 3.05) is 6.54 Å². The highest BCUT2D eigenvalue weighted by atomic mass is 16.1. The Labute approximate surface area is 73.5 Å². The molecule has 0 bridgehead atoms. The molecule has 0 heterocycles. The molecule has 3 heteroatoms. The summed E-state index contributed by atoms with van der Waals surface area (Å²) in [6.07, 6.45) is 4.99. The molecular formula is C9H17NO2. The largest absolute Gasteiger partial charge is 0.356 e. The van der Waals surface area contributed by atoms with Crippen LogP contribution in [-0.4, -0.2) is 18.7 Å². The van der Waals surface area contributed by atoms with Crippen molar-refractivity contribution in [3.63, 3.8) is 0 Å². The third kappa shape index (κ3) is 7.25.